The van der Waals surface area contributed by atoms with Gasteiger partial charge in [-0.3, -0.25) is 0 Å². The highest BCUT2D eigenvalue weighted by atomic mass is 16.3. The third-order valence-electron chi connectivity index (χ3n) is 1.94. The molecule has 0 saturated carbocycles. The number of aliphatic hydroxyl groups is 1. The van der Waals surface area contributed by atoms with Crippen LogP contribution in [-0.2, 0) is 13.5 Å². The molecule has 3 heteroatoms. The van der Waals surface area contributed by atoms with E-state index in [1.165, 1.54) is 0 Å². The van der Waals surface area contributed by atoms with Crippen LogP contribution in [0.2, 0.25) is 0 Å². The summed E-state index contributed by atoms with van der Waals surface area (Å²) >= 11 is 0. The molecule has 13 heavy (non-hydrogen) atoms. The molecule has 70 valence electrons. The largest absolute Gasteiger partial charge is 0.395 e. The summed E-state index contributed by atoms with van der Waals surface area (Å²) < 4.78 is 1.94. The first-order valence-corrected chi connectivity index (χ1v) is 4.26. The number of hydrogen-bond donors (Lipinski definition) is 1. The lowest BCUT2D eigenvalue weighted by Crippen LogP contribution is -2.09. The van der Waals surface area contributed by atoms with Crippen LogP contribution in [0.25, 0.3) is 0 Å². The Morgan fingerprint density at radius 3 is 2.92 bits per heavy atom. The highest BCUT2D eigenvalue weighted by Crippen LogP contribution is 2.06. The van der Waals surface area contributed by atoms with Crippen LogP contribution < -0.4 is 0 Å². The Labute approximate surface area is 78.4 Å². The molecule has 0 saturated heterocycles. The number of hydrogen-bond acceptors (Lipinski definition) is 2. The van der Waals surface area contributed by atoms with Gasteiger partial charge in [-0.25, -0.2) is 4.98 Å². The molecule has 1 atom stereocenters. The molecule has 1 N–H and O–H groups in total. The number of imidazole rings is 1. The molecule has 0 amide bonds. The molecule has 0 spiro atoms. The second kappa shape index (κ2) is 4.68. The number of aryl methyl sites for hydroxylation is 1. The van der Waals surface area contributed by atoms with E-state index in [0.717, 1.165) is 12.1 Å². The topological polar surface area (TPSA) is 38.1 Å². The van der Waals surface area contributed by atoms with Crippen LogP contribution in [0.4, 0.5) is 0 Å². The Morgan fingerprint density at radius 2 is 2.46 bits per heavy atom. The molecule has 0 radical (unpaired) electrons. The minimum absolute atomic E-state index is 0.0281. The summed E-state index contributed by atoms with van der Waals surface area (Å²) in [5.41, 5.74) is 1.10. The van der Waals surface area contributed by atoms with Crippen LogP contribution >= 0.6 is 0 Å². The lowest BCUT2D eigenvalue weighted by Gasteiger charge is -2.06. The highest BCUT2D eigenvalue weighted by molar-refractivity contribution is 5.08. The predicted octanol–water partition coefficient (Wildman–Crippen LogP) is 0.594. The lowest BCUT2D eigenvalue weighted by molar-refractivity contribution is 0.255. The Bertz CT molecular complexity index is 319. The maximum absolute atomic E-state index is 9.01. The van der Waals surface area contributed by atoms with Crippen molar-refractivity contribution in [3.63, 3.8) is 0 Å². The summed E-state index contributed by atoms with van der Waals surface area (Å²) in [6.45, 7) is 1.89. The average Bonchev–Trinajstić information content (AvgIpc) is 2.51. The quantitative estimate of drug-likeness (QED) is 0.688. The number of nitrogens with zero attached hydrogens (tertiary/aromatic N) is 2. The summed E-state index contributed by atoms with van der Waals surface area (Å²) in [4.78, 5) is 4.00. The predicted molar refractivity (Wildman–Crippen MR) is 50.9 cm³/mol. The number of aromatic nitrogens is 2. The van der Waals surface area contributed by atoms with Gasteiger partial charge < -0.3 is 9.67 Å². The van der Waals surface area contributed by atoms with Crippen LogP contribution in [0, 0.1) is 17.8 Å². The maximum atomic E-state index is 9.01. The van der Waals surface area contributed by atoms with Crippen molar-refractivity contribution >= 4 is 0 Å². The molecule has 0 bridgehead atoms. The van der Waals surface area contributed by atoms with Crippen molar-refractivity contribution in [2.75, 3.05) is 6.61 Å². The van der Waals surface area contributed by atoms with E-state index >= 15 is 0 Å². The fraction of sp³-hybridized carbons (Fsp3) is 0.500. The van der Waals surface area contributed by atoms with Crippen LogP contribution in [-0.4, -0.2) is 21.3 Å². The monoisotopic (exact) mass is 178 g/mol. The van der Waals surface area contributed by atoms with Gasteiger partial charge in [-0.15, -0.1) is 5.92 Å². The SMILES string of the molecule is CC#CC(CO)Cc1cncn1C. The molecular formula is C10H14N2O. The third kappa shape index (κ3) is 2.60. The van der Waals surface area contributed by atoms with Crippen molar-refractivity contribution in [3.05, 3.63) is 18.2 Å². The zero-order valence-electron chi connectivity index (χ0n) is 7.99. The van der Waals surface area contributed by atoms with Gasteiger partial charge >= 0.3 is 0 Å². The Balaban J connectivity index is 2.65. The molecule has 1 aromatic rings. The summed E-state index contributed by atoms with van der Waals surface area (Å²) in [6, 6.07) is 0. The summed E-state index contributed by atoms with van der Waals surface area (Å²) in [6.07, 6.45) is 4.32. The normalized spacial score (nSPS) is 11.9. The second-order valence-corrected chi connectivity index (χ2v) is 2.97. The van der Waals surface area contributed by atoms with Crippen LogP contribution in [0.1, 0.15) is 12.6 Å². The van der Waals surface area contributed by atoms with E-state index in [9.17, 15) is 0 Å². The average molecular weight is 178 g/mol. The Kier molecular flexibility index (Phi) is 3.53. The Morgan fingerprint density at radius 1 is 1.69 bits per heavy atom. The highest BCUT2D eigenvalue weighted by Gasteiger charge is 2.07. The van der Waals surface area contributed by atoms with Gasteiger partial charge in [-0.2, -0.15) is 0 Å². The maximum Gasteiger partial charge on any atom is 0.0945 e. The molecule has 0 fully saturated rings. The molecule has 1 rings (SSSR count). The molecule has 1 heterocycles. The van der Waals surface area contributed by atoms with Crippen molar-refractivity contribution in [2.45, 2.75) is 13.3 Å². The van der Waals surface area contributed by atoms with E-state index in [1.54, 1.807) is 19.4 Å². The van der Waals surface area contributed by atoms with Gasteiger partial charge in [0.1, 0.15) is 0 Å². The molecule has 0 aliphatic carbocycles. The number of rotatable bonds is 3. The van der Waals surface area contributed by atoms with E-state index in [0.29, 0.717) is 0 Å². The minimum Gasteiger partial charge on any atom is -0.395 e. The summed E-state index contributed by atoms with van der Waals surface area (Å²) in [7, 11) is 1.94. The van der Waals surface area contributed by atoms with Crippen molar-refractivity contribution in [1.29, 1.82) is 0 Å². The van der Waals surface area contributed by atoms with Crippen molar-refractivity contribution in [1.82, 2.24) is 9.55 Å². The van der Waals surface area contributed by atoms with Gasteiger partial charge in [0, 0.05) is 31.3 Å². The smallest absolute Gasteiger partial charge is 0.0945 e. The van der Waals surface area contributed by atoms with E-state index in [1.807, 2.05) is 11.6 Å². The van der Waals surface area contributed by atoms with Crippen LogP contribution in [0.5, 0.6) is 0 Å². The van der Waals surface area contributed by atoms with E-state index in [4.69, 9.17) is 5.11 Å². The third-order valence-corrected chi connectivity index (χ3v) is 1.94. The minimum atomic E-state index is 0.0281. The fourth-order valence-electron chi connectivity index (χ4n) is 1.20. The Hall–Kier alpha value is -1.27. The zero-order valence-corrected chi connectivity index (χ0v) is 7.99. The first-order chi connectivity index (χ1) is 6.27. The van der Waals surface area contributed by atoms with Crippen molar-refractivity contribution in [3.8, 4) is 11.8 Å². The summed E-state index contributed by atoms with van der Waals surface area (Å²) in [5, 5.41) is 9.01. The van der Waals surface area contributed by atoms with Crippen molar-refractivity contribution < 1.29 is 5.11 Å². The zero-order chi connectivity index (χ0) is 9.68. The molecular weight excluding hydrogens is 164 g/mol. The molecule has 1 aromatic heterocycles. The molecule has 1 unspecified atom stereocenters. The van der Waals surface area contributed by atoms with E-state index in [2.05, 4.69) is 16.8 Å². The van der Waals surface area contributed by atoms with E-state index in [-0.39, 0.29) is 12.5 Å². The molecule has 0 aromatic carbocycles. The van der Waals surface area contributed by atoms with Gasteiger partial charge in [0.2, 0.25) is 0 Å². The molecule has 0 aliphatic heterocycles. The van der Waals surface area contributed by atoms with Crippen molar-refractivity contribution in [2.24, 2.45) is 13.0 Å². The van der Waals surface area contributed by atoms with Gasteiger partial charge in [0.05, 0.1) is 12.9 Å². The van der Waals surface area contributed by atoms with Gasteiger partial charge in [0.15, 0.2) is 0 Å². The fourth-order valence-corrected chi connectivity index (χ4v) is 1.20. The van der Waals surface area contributed by atoms with Crippen LogP contribution in [0.3, 0.4) is 0 Å². The molecule has 0 aliphatic rings. The first kappa shape index (κ1) is 9.82. The number of aliphatic hydroxyl groups excluding tert-OH is 1. The van der Waals surface area contributed by atoms with Gasteiger partial charge in [-0.1, -0.05) is 5.92 Å². The van der Waals surface area contributed by atoms with E-state index < -0.39 is 0 Å². The second-order valence-electron chi connectivity index (χ2n) is 2.97. The lowest BCUT2D eigenvalue weighted by atomic mass is 10.1. The first-order valence-electron chi connectivity index (χ1n) is 4.26. The summed E-state index contributed by atoms with van der Waals surface area (Å²) in [5.74, 6) is 5.80. The van der Waals surface area contributed by atoms with Gasteiger partial charge in [0.25, 0.3) is 0 Å². The molecule has 3 nitrogen and oxygen atoms in total. The van der Waals surface area contributed by atoms with Gasteiger partial charge in [-0.05, 0) is 6.92 Å². The van der Waals surface area contributed by atoms with Crippen LogP contribution in [0.15, 0.2) is 12.5 Å². The standard InChI is InChI=1S/C10H14N2O/c1-3-4-9(7-13)5-10-6-11-8-12(10)2/h6,8-9,13H,5,7H2,1-2H3.